The van der Waals surface area contributed by atoms with Crippen LogP contribution in [0.4, 0.5) is 5.69 Å². The number of piperidine rings is 1. The number of para-hydroxylation sites is 2. The zero-order valence-corrected chi connectivity index (χ0v) is 18.4. The van der Waals surface area contributed by atoms with Gasteiger partial charge in [0, 0.05) is 25.0 Å². The number of aromatic nitrogens is 1. The Morgan fingerprint density at radius 3 is 2.48 bits per heavy atom. The molecule has 0 atom stereocenters. The van der Waals surface area contributed by atoms with Gasteiger partial charge in [0.05, 0.1) is 21.8 Å². The molecular weight excluding hydrogens is 406 g/mol. The van der Waals surface area contributed by atoms with E-state index < -0.39 is 10.0 Å². The molecule has 1 fully saturated rings. The minimum atomic E-state index is -3.48. The van der Waals surface area contributed by atoms with Crippen LogP contribution in [0.25, 0.3) is 5.69 Å². The van der Waals surface area contributed by atoms with Crippen molar-refractivity contribution >= 4 is 15.7 Å². The minimum absolute atomic E-state index is 0.236. The second-order valence-electron chi connectivity index (χ2n) is 9.03. The maximum Gasteiger partial charge on any atom is 0.243 e. The SMILES string of the molecule is O=S(=O)(c1ccc2c(c1)CCCC2)N1CCC2(CC1)Nc1ccccc1-n1cccc12. The lowest BCUT2D eigenvalue weighted by atomic mass is 9.83. The number of rotatable bonds is 2. The molecule has 31 heavy (non-hydrogen) atoms. The molecule has 0 amide bonds. The number of nitrogens with one attached hydrogen (secondary N) is 1. The fourth-order valence-electron chi connectivity index (χ4n) is 5.60. The van der Waals surface area contributed by atoms with E-state index in [0.29, 0.717) is 18.0 Å². The van der Waals surface area contributed by atoms with Crippen molar-refractivity contribution in [3.63, 3.8) is 0 Å². The Hall–Kier alpha value is -2.57. The minimum Gasteiger partial charge on any atom is -0.372 e. The average Bonchev–Trinajstić information content (AvgIpc) is 3.31. The van der Waals surface area contributed by atoms with Gasteiger partial charge in [0.25, 0.3) is 0 Å². The Kier molecular flexibility index (Phi) is 4.30. The van der Waals surface area contributed by atoms with Crippen LogP contribution in [0.3, 0.4) is 0 Å². The summed E-state index contributed by atoms with van der Waals surface area (Å²) in [5.41, 5.74) is 5.77. The molecule has 0 saturated carbocycles. The van der Waals surface area contributed by atoms with Crippen molar-refractivity contribution in [3.05, 3.63) is 77.6 Å². The van der Waals surface area contributed by atoms with E-state index in [1.54, 1.807) is 4.31 Å². The third-order valence-electron chi connectivity index (χ3n) is 7.31. The van der Waals surface area contributed by atoms with Gasteiger partial charge >= 0.3 is 0 Å². The van der Waals surface area contributed by atoms with Gasteiger partial charge in [0.15, 0.2) is 0 Å². The predicted molar refractivity (Wildman–Crippen MR) is 122 cm³/mol. The Morgan fingerprint density at radius 1 is 0.871 bits per heavy atom. The van der Waals surface area contributed by atoms with Crippen LogP contribution in [0.15, 0.2) is 65.7 Å². The summed E-state index contributed by atoms with van der Waals surface area (Å²) in [6.07, 6.45) is 8.00. The number of sulfonamides is 1. The third kappa shape index (κ3) is 2.96. The lowest BCUT2D eigenvalue weighted by Gasteiger charge is -2.45. The Balaban J connectivity index is 1.28. The molecule has 3 aromatic rings. The topological polar surface area (TPSA) is 54.3 Å². The van der Waals surface area contributed by atoms with Gasteiger partial charge in [-0.05, 0) is 86.1 Å². The first-order chi connectivity index (χ1) is 15.1. The molecule has 3 heterocycles. The number of fused-ring (bicyclic) bond motifs is 5. The third-order valence-corrected chi connectivity index (χ3v) is 9.20. The standard InChI is InChI=1S/C25H27N3O2S/c29-31(30,21-12-11-19-6-1-2-7-20(19)18-21)27-16-13-25(14-17-27)24-10-5-15-28(24)23-9-4-3-8-22(23)26-25/h3-5,8-12,15,18,26H,1-2,6-7,13-14,16-17H2. The molecule has 1 saturated heterocycles. The van der Waals surface area contributed by atoms with Crippen LogP contribution in [0.5, 0.6) is 0 Å². The molecule has 6 heteroatoms. The van der Waals surface area contributed by atoms with E-state index in [9.17, 15) is 8.42 Å². The van der Waals surface area contributed by atoms with E-state index in [0.717, 1.165) is 43.5 Å². The lowest BCUT2D eigenvalue weighted by Crippen LogP contribution is -2.51. The van der Waals surface area contributed by atoms with Gasteiger partial charge in [-0.2, -0.15) is 4.31 Å². The first-order valence-corrected chi connectivity index (χ1v) is 12.7. The summed E-state index contributed by atoms with van der Waals surface area (Å²) in [6.45, 7) is 1.03. The molecule has 160 valence electrons. The Morgan fingerprint density at radius 2 is 1.65 bits per heavy atom. The molecule has 1 N–H and O–H groups in total. The van der Waals surface area contributed by atoms with E-state index in [-0.39, 0.29) is 5.54 Å². The first-order valence-electron chi connectivity index (χ1n) is 11.2. The maximum absolute atomic E-state index is 13.4. The van der Waals surface area contributed by atoms with Gasteiger partial charge in [-0.1, -0.05) is 18.2 Å². The highest BCUT2D eigenvalue weighted by atomic mass is 32.2. The van der Waals surface area contributed by atoms with Crippen LogP contribution in [0, 0.1) is 0 Å². The van der Waals surface area contributed by atoms with E-state index in [1.165, 1.54) is 23.2 Å². The van der Waals surface area contributed by atoms with Crippen molar-refractivity contribution in [2.75, 3.05) is 18.4 Å². The number of hydrogen-bond acceptors (Lipinski definition) is 3. The van der Waals surface area contributed by atoms with Crippen molar-refractivity contribution < 1.29 is 8.42 Å². The average molecular weight is 434 g/mol. The first kappa shape index (κ1) is 19.1. The highest BCUT2D eigenvalue weighted by molar-refractivity contribution is 7.89. The largest absolute Gasteiger partial charge is 0.372 e. The van der Waals surface area contributed by atoms with Crippen molar-refractivity contribution in [3.8, 4) is 5.69 Å². The molecule has 2 aromatic carbocycles. The fraction of sp³-hybridized carbons (Fsp3) is 0.360. The van der Waals surface area contributed by atoms with Crippen LogP contribution in [0.1, 0.15) is 42.5 Å². The number of hydrogen-bond donors (Lipinski definition) is 1. The summed E-state index contributed by atoms with van der Waals surface area (Å²) >= 11 is 0. The van der Waals surface area contributed by atoms with E-state index in [1.807, 2.05) is 24.3 Å². The van der Waals surface area contributed by atoms with Gasteiger partial charge in [0.1, 0.15) is 0 Å². The van der Waals surface area contributed by atoms with Crippen molar-refractivity contribution in [1.82, 2.24) is 8.87 Å². The smallest absolute Gasteiger partial charge is 0.243 e. The molecule has 1 aliphatic carbocycles. The molecule has 0 unspecified atom stereocenters. The zero-order chi connectivity index (χ0) is 21.1. The number of aryl methyl sites for hydroxylation is 2. The zero-order valence-electron chi connectivity index (χ0n) is 17.5. The molecule has 5 nitrogen and oxygen atoms in total. The Labute approximate surface area is 183 Å². The second kappa shape index (κ2) is 6.97. The van der Waals surface area contributed by atoms with E-state index >= 15 is 0 Å². The summed E-state index contributed by atoms with van der Waals surface area (Å²) in [7, 11) is -3.48. The highest BCUT2D eigenvalue weighted by Crippen LogP contribution is 2.44. The highest BCUT2D eigenvalue weighted by Gasteiger charge is 2.43. The normalized spacial score (nSPS) is 19.9. The van der Waals surface area contributed by atoms with Gasteiger partial charge in [-0.15, -0.1) is 0 Å². The maximum atomic E-state index is 13.4. The van der Waals surface area contributed by atoms with Gasteiger partial charge < -0.3 is 9.88 Å². The lowest BCUT2D eigenvalue weighted by molar-refractivity contribution is 0.247. The molecule has 0 radical (unpaired) electrons. The van der Waals surface area contributed by atoms with E-state index in [2.05, 4.69) is 46.4 Å². The van der Waals surface area contributed by atoms with Crippen LogP contribution >= 0.6 is 0 Å². The second-order valence-corrected chi connectivity index (χ2v) is 11.0. The summed E-state index contributed by atoms with van der Waals surface area (Å²) in [5, 5.41) is 3.77. The monoisotopic (exact) mass is 433 g/mol. The summed E-state index contributed by atoms with van der Waals surface area (Å²) < 4.78 is 30.8. The Bertz CT molecular complexity index is 1250. The molecule has 1 aromatic heterocycles. The molecular formula is C25H27N3O2S. The molecule has 0 bridgehead atoms. The number of nitrogens with zero attached hydrogens (tertiary/aromatic N) is 2. The van der Waals surface area contributed by atoms with E-state index in [4.69, 9.17) is 0 Å². The summed E-state index contributed by atoms with van der Waals surface area (Å²) in [5.74, 6) is 0. The molecule has 1 spiro atoms. The van der Waals surface area contributed by atoms with Crippen LogP contribution in [-0.4, -0.2) is 30.4 Å². The molecule has 2 aliphatic heterocycles. The van der Waals surface area contributed by atoms with Crippen molar-refractivity contribution in [1.29, 1.82) is 0 Å². The molecule has 3 aliphatic rings. The van der Waals surface area contributed by atoms with Gasteiger partial charge in [-0.3, -0.25) is 0 Å². The van der Waals surface area contributed by atoms with Gasteiger partial charge in [-0.25, -0.2) is 8.42 Å². The summed E-state index contributed by atoms with van der Waals surface area (Å²) in [6, 6.07) is 18.3. The van der Waals surface area contributed by atoms with Crippen LogP contribution in [0.2, 0.25) is 0 Å². The summed E-state index contributed by atoms with van der Waals surface area (Å²) in [4.78, 5) is 0.453. The predicted octanol–water partition coefficient (Wildman–Crippen LogP) is 4.46. The van der Waals surface area contributed by atoms with Crippen LogP contribution in [-0.2, 0) is 28.4 Å². The number of benzene rings is 2. The fourth-order valence-corrected chi connectivity index (χ4v) is 7.09. The molecule has 6 rings (SSSR count). The van der Waals surface area contributed by atoms with Crippen LogP contribution < -0.4 is 5.32 Å². The van der Waals surface area contributed by atoms with Crippen molar-refractivity contribution in [2.45, 2.75) is 49.0 Å². The number of anilines is 1. The quantitative estimate of drug-likeness (QED) is 0.649. The van der Waals surface area contributed by atoms with Crippen molar-refractivity contribution in [2.24, 2.45) is 0 Å². The van der Waals surface area contributed by atoms with Gasteiger partial charge in [0.2, 0.25) is 10.0 Å².